The Labute approximate surface area is 193 Å². The predicted molar refractivity (Wildman–Crippen MR) is 124 cm³/mol. The number of benzene rings is 2. The van der Waals surface area contributed by atoms with Gasteiger partial charge in [0.25, 0.3) is 11.1 Å². The predicted octanol–water partition coefficient (Wildman–Crippen LogP) is 5.33. The molecule has 2 amide bonds. The fourth-order valence-corrected chi connectivity index (χ4v) is 4.28. The number of rotatable bonds is 9. The molecule has 1 saturated heterocycles. The molecule has 3 rings (SSSR count). The molecule has 1 aliphatic rings. The Bertz CT molecular complexity index is 1050. The van der Waals surface area contributed by atoms with Crippen molar-refractivity contribution in [2.45, 2.75) is 6.92 Å². The van der Waals surface area contributed by atoms with E-state index in [9.17, 15) is 14.4 Å². The van der Waals surface area contributed by atoms with E-state index < -0.39 is 11.1 Å². The largest absolute Gasteiger partial charge is 0.490 e. The van der Waals surface area contributed by atoms with Gasteiger partial charge in [-0.05, 0) is 58.4 Å². The van der Waals surface area contributed by atoms with Crippen molar-refractivity contribution in [3.63, 3.8) is 0 Å². The van der Waals surface area contributed by atoms with Crippen LogP contribution in [0.25, 0.3) is 6.08 Å². The zero-order valence-electron chi connectivity index (χ0n) is 16.8. The van der Waals surface area contributed by atoms with Crippen molar-refractivity contribution in [1.82, 2.24) is 4.90 Å². The quantitative estimate of drug-likeness (QED) is 0.262. The molecule has 6 nitrogen and oxygen atoms in total. The monoisotopic (exact) mass is 501 g/mol. The number of hydrogen-bond acceptors (Lipinski definition) is 6. The zero-order valence-corrected chi connectivity index (χ0v) is 19.2. The van der Waals surface area contributed by atoms with E-state index in [1.807, 2.05) is 6.92 Å². The normalized spacial score (nSPS) is 14.8. The molecule has 0 spiro atoms. The van der Waals surface area contributed by atoms with Crippen molar-refractivity contribution in [2.75, 3.05) is 19.8 Å². The summed E-state index contributed by atoms with van der Waals surface area (Å²) in [6, 6.07) is 12.1. The summed E-state index contributed by atoms with van der Waals surface area (Å²) >= 11 is 4.27. The van der Waals surface area contributed by atoms with Gasteiger partial charge in [-0.1, -0.05) is 43.0 Å². The number of halogens is 1. The van der Waals surface area contributed by atoms with E-state index in [4.69, 9.17) is 9.47 Å². The summed E-state index contributed by atoms with van der Waals surface area (Å²) in [5.74, 6) is 0.235. The number of imide groups is 1. The third kappa shape index (κ3) is 5.45. The van der Waals surface area contributed by atoms with Crippen LogP contribution in [0, 0.1) is 0 Å². The molecule has 1 fully saturated rings. The molecule has 0 saturated carbocycles. The molecule has 0 atom stereocenters. The zero-order chi connectivity index (χ0) is 22.4. The number of carbonyl (C=O) groups excluding carboxylic acids is 3. The second-order valence-electron chi connectivity index (χ2n) is 6.42. The van der Waals surface area contributed by atoms with E-state index >= 15 is 0 Å². The van der Waals surface area contributed by atoms with E-state index in [0.717, 1.165) is 16.7 Å². The highest BCUT2D eigenvalue weighted by Gasteiger charge is 2.36. The Morgan fingerprint density at radius 2 is 1.94 bits per heavy atom. The van der Waals surface area contributed by atoms with Crippen molar-refractivity contribution in [3.05, 3.63) is 75.6 Å². The Hall–Kier alpha value is -2.84. The van der Waals surface area contributed by atoms with Crippen LogP contribution in [-0.2, 0) is 4.79 Å². The van der Waals surface area contributed by atoms with E-state index in [-0.39, 0.29) is 17.2 Å². The number of amides is 2. The molecular formula is C23H20BrNO5S. The second-order valence-corrected chi connectivity index (χ2v) is 8.27. The maximum absolute atomic E-state index is 12.8. The summed E-state index contributed by atoms with van der Waals surface area (Å²) in [6.07, 6.45) is 3.23. The molecule has 0 N–H and O–H groups in total. The van der Waals surface area contributed by atoms with Gasteiger partial charge >= 0.3 is 0 Å². The molecule has 0 bridgehead atoms. The minimum Gasteiger partial charge on any atom is -0.490 e. The van der Waals surface area contributed by atoms with Crippen molar-refractivity contribution in [3.8, 4) is 11.5 Å². The van der Waals surface area contributed by atoms with Gasteiger partial charge < -0.3 is 9.47 Å². The van der Waals surface area contributed by atoms with Gasteiger partial charge in [0.1, 0.15) is 6.61 Å². The first-order valence-electron chi connectivity index (χ1n) is 9.48. The highest BCUT2D eigenvalue weighted by molar-refractivity contribution is 9.10. The standard InChI is InChI=1S/C23H20BrNO5S/c1-3-10-30-21-17(24)11-15(12-19(21)29-4-2)13-20-22(27)25(23(28)31-20)14-18(26)16-8-6-5-7-9-16/h3,5-9,11-13H,1,4,10,14H2,2H3/b20-13+. The van der Waals surface area contributed by atoms with Crippen LogP contribution < -0.4 is 9.47 Å². The lowest BCUT2D eigenvalue weighted by Crippen LogP contribution is -2.33. The molecule has 1 heterocycles. The van der Waals surface area contributed by atoms with E-state index in [1.165, 1.54) is 0 Å². The molecule has 31 heavy (non-hydrogen) atoms. The molecule has 0 aromatic heterocycles. The van der Waals surface area contributed by atoms with E-state index in [2.05, 4.69) is 22.5 Å². The lowest BCUT2D eigenvalue weighted by Gasteiger charge is -2.14. The van der Waals surface area contributed by atoms with Crippen molar-refractivity contribution < 1.29 is 23.9 Å². The molecule has 0 radical (unpaired) electrons. The van der Waals surface area contributed by atoms with Gasteiger partial charge in [0.15, 0.2) is 17.3 Å². The average Bonchev–Trinajstić information content (AvgIpc) is 3.01. The van der Waals surface area contributed by atoms with Crippen LogP contribution in [0.3, 0.4) is 0 Å². The third-order valence-electron chi connectivity index (χ3n) is 4.25. The molecule has 160 valence electrons. The van der Waals surface area contributed by atoms with Crippen molar-refractivity contribution in [1.29, 1.82) is 0 Å². The van der Waals surface area contributed by atoms with Crippen LogP contribution in [0.15, 0.2) is 64.5 Å². The third-order valence-corrected chi connectivity index (χ3v) is 5.74. The fourth-order valence-electron chi connectivity index (χ4n) is 2.86. The number of ether oxygens (including phenoxy) is 2. The topological polar surface area (TPSA) is 72.9 Å². The summed E-state index contributed by atoms with van der Waals surface area (Å²) in [6.45, 7) is 5.94. The van der Waals surface area contributed by atoms with Gasteiger partial charge in [0.2, 0.25) is 0 Å². The SMILES string of the molecule is C=CCOc1c(Br)cc(/C=C2/SC(=O)N(CC(=O)c3ccccc3)C2=O)cc1OCC. The van der Waals surface area contributed by atoms with Gasteiger partial charge in [0, 0.05) is 5.56 Å². The molecule has 2 aromatic carbocycles. The first-order chi connectivity index (χ1) is 14.9. The van der Waals surface area contributed by atoms with Crippen LogP contribution in [0.1, 0.15) is 22.8 Å². The van der Waals surface area contributed by atoms with Gasteiger partial charge in [0.05, 0.1) is 22.5 Å². The smallest absolute Gasteiger partial charge is 0.293 e. The number of nitrogens with zero attached hydrogens (tertiary/aromatic N) is 1. The number of ketones is 1. The van der Waals surface area contributed by atoms with Crippen LogP contribution in [-0.4, -0.2) is 41.6 Å². The Kier molecular flexibility index (Phi) is 7.70. The first-order valence-corrected chi connectivity index (χ1v) is 11.1. The number of Topliss-reactive ketones (excluding diaryl/α,β-unsaturated/α-hetero) is 1. The van der Waals surface area contributed by atoms with Crippen LogP contribution in [0.4, 0.5) is 4.79 Å². The summed E-state index contributed by atoms with van der Waals surface area (Å²) in [5, 5.41) is -0.476. The fraction of sp³-hybridized carbons (Fsp3) is 0.174. The van der Waals surface area contributed by atoms with Crippen molar-refractivity contribution in [2.24, 2.45) is 0 Å². The van der Waals surface area contributed by atoms with Gasteiger partial charge in [-0.25, -0.2) is 0 Å². The molecule has 2 aromatic rings. The van der Waals surface area contributed by atoms with Crippen molar-refractivity contribution >= 4 is 50.7 Å². The lowest BCUT2D eigenvalue weighted by atomic mass is 10.1. The Morgan fingerprint density at radius 3 is 2.61 bits per heavy atom. The minimum atomic E-state index is -0.500. The lowest BCUT2D eigenvalue weighted by molar-refractivity contribution is -0.122. The summed E-state index contributed by atoms with van der Waals surface area (Å²) < 4.78 is 12.0. The molecule has 0 aliphatic carbocycles. The summed E-state index contributed by atoms with van der Waals surface area (Å²) in [7, 11) is 0. The highest BCUT2D eigenvalue weighted by Crippen LogP contribution is 2.39. The first kappa shape index (κ1) is 22.8. The number of thioether (sulfide) groups is 1. The Balaban J connectivity index is 1.83. The van der Waals surface area contributed by atoms with Gasteiger partial charge in [-0.2, -0.15) is 0 Å². The summed E-state index contributed by atoms with van der Waals surface area (Å²) in [4.78, 5) is 38.8. The highest BCUT2D eigenvalue weighted by atomic mass is 79.9. The molecule has 0 unspecified atom stereocenters. The number of carbonyl (C=O) groups is 3. The maximum Gasteiger partial charge on any atom is 0.293 e. The van der Waals surface area contributed by atoms with Gasteiger partial charge in [-0.3, -0.25) is 19.3 Å². The molecular weight excluding hydrogens is 482 g/mol. The van der Waals surface area contributed by atoms with Crippen LogP contribution >= 0.6 is 27.7 Å². The van der Waals surface area contributed by atoms with Gasteiger partial charge in [-0.15, -0.1) is 0 Å². The Morgan fingerprint density at radius 1 is 1.19 bits per heavy atom. The summed E-state index contributed by atoms with van der Waals surface area (Å²) in [5.41, 5.74) is 1.10. The second kappa shape index (κ2) is 10.5. The van der Waals surface area contributed by atoms with Crippen LogP contribution in [0.2, 0.25) is 0 Å². The van der Waals surface area contributed by atoms with Crippen LogP contribution in [0.5, 0.6) is 11.5 Å². The van der Waals surface area contributed by atoms with E-state index in [1.54, 1.807) is 54.6 Å². The number of hydrogen-bond donors (Lipinski definition) is 0. The maximum atomic E-state index is 12.8. The average molecular weight is 502 g/mol. The molecule has 8 heteroatoms. The van der Waals surface area contributed by atoms with E-state index in [0.29, 0.717) is 40.3 Å². The minimum absolute atomic E-state index is 0.236. The molecule has 1 aliphatic heterocycles.